The second kappa shape index (κ2) is 5.93. The second-order valence-electron chi connectivity index (χ2n) is 6.33. The zero-order valence-electron chi connectivity index (χ0n) is 13.0. The van der Waals surface area contributed by atoms with E-state index < -0.39 is 17.8 Å². The molecule has 21 heavy (non-hydrogen) atoms. The molecule has 0 saturated heterocycles. The van der Waals surface area contributed by atoms with Crippen molar-refractivity contribution >= 4 is 6.09 Å². The normalized spacial score (nSPS) is 21.4. The molecule has 1 amide bonds. The minimum absolute atomic E-state index is 0.348. The number of methoxy groups -OCH3 is 1. The van der Waals surface area contributed by atoms with Crippen LogP contribution in [-0.2, 0) is 17.6 Å². The number of rotatable bonds is 2. The number of carbonyl (C=O) groups is 1. The maximum atomic E-state index is 11.8. The lowest BCUT2D eigenvalue weighted by molar-refractivity contribution is 0.0412. The van der Waals surface area contributed by atoms with Gasteiger partial charge in [-0.15, -0.1) is 0 Å². The highest BCUT2D eigenvalue weighted by atomic mass is 16.6. The van der Waals surface area contributed by atoms with E-state index in [0.717, 1.165) is 16.9 Å². The molecule has 2 N–H and O–H groups in total. The molecule has 0 fully saturated rings. The molecule has 2 atom stereocenters. The Kier molecular flexibility index (Phi) is 4.42. The van der Waals surface area contributed by atoms with Crippen molar-refractivity contribution in [3.8, 4) is 5.75 Å². The van der Waals surface area contributed by atoms with Crippen molar-refractivity contribution in [2.24, 2.45) is 0 Å². The smallest absolute Gasteiger partial charge is 0.407 e. The van der Waals surface area contributed by atoms with Gasteiger partial charge in [0.1, 0.15) is 11.4 Å². The van der Waals surface area contributed by atoms with Crippen molar-refractivity contribution in [3.63, 3.8) is 0 Å². The number of carbonyl (C=O) groups excluding carboxylic acids is 1. The summed E-state index contributed by atoms with van der Waals surface area (Å²) in [5.74, 6) is 0.780. The van der Waals surface area contributed by atoms with E-state index in [-0.39, 0.29) is 6.04 Å². The standard InChI is InChI=1S/C16H23NO4/c1-16(2,3)21-15(19)17-12-8-10-6-5-7-14(20-4)11(10)9-13(12)18/h5-7,12-13,18H,8-9H2,1-4H3,(H,17,19)/t12-,13?/m1/s1. The Morgan fingerprint density at radius 1 is 1.33 bits per heavy atom. The zero-order chi connectivity index (χ0) is 15.6. The van der Waals surface area contributed by atoms with Gasteiger partial charge in [0.2, 0.25) is 0 Å². The fraction of sp³-hybridized carbons (Fsp3) is 0.562. The predicted octanol–water partition coefficient (Wildman–Crippen LogP) is 2.05. The van der Waals surface area contributed by atoms with Crippen LogP contribution in [0.1, 0.15) is 31.9 Å². The van der Waals surface area contributed by atoms with Gasteiger partial charge < -0.3 is 19.9 Å². The molecule has 2 rings (SSSR count). The highest BCUT2D eigenvalue weighted by molar-refractivity contribution is 5.68. The van der Waals surface area contributed by atoms with Crippen molar-refractivity contribution in [2.75, 3.05) is 7.11 Å². The number of aliphatic hydroxyl groups excluding tert-OH is 1. The molecule has 0 radical (unpaired) electrons. The average Bonchev–Trinajstić information content (AvgIpc) is 2.36. The molecule has 0 aromatic heterocycles. The SMILES string of the molecule is COc1cccc2c1CC(O)[C@H](NC(=O)OC(C)(C)C)C2. The maximum Gasteiger partial charge on any atom is 0.407 e. The number of hydrogen-bond donors (Lipinski definition) is 2. The predicted molar refractivity (Wildman–Crippen MR) is 79.6 cm³/mol. The van der Waals surface area contributed by atoms with E-state index in [1.165, 1.54) is 0 Å². The van der Waals surface area contributed by atoms with Crippen LogP contribution in [0.15, 0.2) is 18.2 Å². The van der Waals surface area contributed by atoms with E-state index in [1.807, 2.05) is 39.0 Å². The fourth-order valence-corrected chi connectivity index (χ4v) is 2.56. The first-order valence-electron chi connectivity index (χ1n) is 7.12. The van der Waals surface area contributed by atoms with Crippen molar-refractivity contribution in [1.29, 1.82) is 0 Å². The summed E-state index contributed by atoms with van der Waals surface area (Å²) in [4.78, 5) is 11.8. The molecule has 1 aromatic rings. The summed E-state index contributed by atoms with van der Waals surface area (Å²) >= 11 is 0. The molecule has 5 heteroatoms. The molecule has 0 spiro atoms. The highest BCUT2D eigenvalue weighted by Gasteiger charge is 2.31. The zero-order valence-corrected chi connectivity index (χ0v) is 13.0. The highest BCUT2D eigenvalue weighted by Crippen LogP contribution is 2.29. The van der Waals surface area contributed by atoms with Crippen LogP contribution in [-0.4, -0.2) is 36.1 Å². The molecule has 116 valence electrons. The number of hydrogen-bond acceptors (Lipinski definition) is 4. The van der Waals surface area contributed by atoms with Crippen LogP contribution in [0.2, 0.25) is 0 Å². The van der Waals surface area contributed by atoms with Crippen LogP contribution in [0.3, 0.4) is 0 Å². The summed E-state index contributed by atoms with van der Waals surface area (Å²) in [6.45, 7) is 5.43. The second-order valence-corrected chi connectivity index (χ2v) is 6.33. The van der Waals surface area contributed by atoms with E-state index in [2.05, 4.69) is 5.32 Å². The molecular weight excluding hydrogens is 270 g/mol. The Balaban J connectivity index is 2.09. The molecule has 0 bridgehead atoms. The Morgan fingerprint density at radius 2 is 2.05 bits per heavy atom. The average molecular weight is 293 g/mol. The lowest BCUT2D eigenvalue weighted by Crippen LogP contribution is -2.49. The first-order chi connectivity index (χ1) is 9.80. The van der Waals surface area contributed by atoms with E-state index >= 15 is 0 Å². The minimum atomic E-state index is -0.652. The lowest BCUT2D eigenvalue weighted by atomic mass is 9.85. The molecule has 1 aliphatic rings. The Hall–Kier alpha value is -1.75. The summed E-state index contributed by atoms with van der Waals surface area (Å²) < 4.78 is 10.6. The molecule has 0 heterocycles. The largest absolute Gasteiger partial charge is 0.496 e. The van der Waals surface area contributed by atoms with Crippen molar-refractivity contribution in [2.45, 2.75) is 51.4 Å². The summed E-state index contributed by atoms with van der Waals surface area (Å²) in [6, 6.07) is 5.44. The number of aliphatic hydroxyl groups is 1. The Morgan fingerprint density at radius 3 is 2.67 bits per heavy atom. The quantitative estimate of drug-likeness (QED) is 0.875. The minimum Gasteiger partial charge on any atom is -0.496 e. The Bertz CT molecular complexity index is 521. The Labute approximate surface area is 125 Å². The van der Waals surface area contributed by atoms with Gasteiger partial charge >= 0.3 is 6.09 Å². The molecule has 1 aliphatic carbocycles. The fourth-order valence-electron chi connectivity index (χ4n) is 2.56. The van der Waals surface area contributed by atoms with E-state index in [4.69, 9.17) is 9.47 Å². The van der Waals surface area contributed by atoms with E-state index in [0.29, 0.717) is 12.8 Å². The van der Waals surface area contributed by atoms with Gasteiger partial charge in [-0.05, 0) is 38.8 Å². The first-order valence-corrected chi connectivity index (χ1v) is 7.12. The molecular formula is C16H23NO4. The number of benzene rings is 1. The molecule has 5 nitrogen and oxygen atoms in total. The first kappa shape index (κ1) is 15.6. The van der Waals surface area contributed by atoms with Gasteiger partial charge in [-0.3, -0.25) is 0 Å². The summed E-state index contributed by atoms with van der Waals surface area (Å²) in [7, 11) is 1.62. The third kappa shape index (κ3) is 3.88. The topological polar surface area (TPSA) is 67.8 Å². The van der Waals surface area contributed by atoms with Crippen LogP contribution in [0.4, 0.5) is 4.79 Å². The summed E-state index contributed by atoms with van der Waals surface area (Å²) in [6.07, 6.45) is -0.133. The van der Waals surface area contributed by atoms with Crippen LogP contribution in [0.25, 0.3) is 0 Å². The van der Waals surface area contributed by atoms with E-state index in [9.17, 15) is 9.90 Å². The van der Waals surface area contributed by atoms with Crippen LogP contribution >= 0.6 is 0 Å². The van der Waals surface area contributed by atoms with Gasteiger partial charge in [0.25, 0.3) is 0 Å². The number of alkyl carbamates (subject to hydrolysis) is 1. The van der Waals surface area contributed by atoms with Crippen LogP contribution < -0.4 is 10.1 Å². The van der Waals surface area contributed by atoms with Crippen LogP contribution in [0, 0.1) is 0 Å². The summed E-state index contributed by atoms with van der Waals surface area (Å²) in [5, 5.41) is 13.0. The number of ether oxygens (including phenoxy) is 2. The third-order valence-electron chi connectivity index (χ3n) is 3.47. The molecule has 0 aliphatic heterocycles. The number of fused-ring (bicyclic) bond motifs is 1. The molecule has 1 aromatic carbocycles. The van der Waals surface area contributed by atoms with Gasteiger partial charge in [-0.1, -0.05) is 12.1 Å². The van der Waals surface area contributed by atoms with Crippen molar-refractivity contribution < 1.29 is 19.4 Å². The van der Waals surface area contributed by atoms with E-state index in [1.54, 1.807) is 7.11 Å². The van der Waals surface area contributed by atoms with Gasteiger partial charge in [0, 0.05) is 12.0 Å². The number of amides is 1. The van der Waals surface area contributed by atoms with Crippen molar-refractivity contribution in [3.05, 3.63) is 29.3 Å². The van der Waals surface area contributed by atoms with Gasteiger partial charge in [-0.2, -0.15) is 0 Å². The third-order valence-corrected chi connectivity index (χ3v) is 3.47. The van der Waals surface area contributed by atoms with Gasteiger partial charge in [-0.25, -0.2) is 4.79 Å². The summed E-state index contributed by atoms with van der Waals surface area (Å²) in [5.41, 5.74) is 1.54. The molecule has 1 unspecified atom stereocenters. The monoisotopic (exact) mass is 293 g/mol. The molecule has 0 saturated carbocycles. The van der Waals surface area contributed by atoms with Crippen molar-refractivity contribution in [1.82, 2.24) is 5.32 Å². The van der Waals surface area contributed by atoms with Gasteiger partial charge in [0.15, 0.2) is 0 Å². The maximum absolute atomic E-state index is 11.8. The van der Waals surface area contributed by atoms with Gasteiger partial charge in [0.05, 0.1) is 19.3 Å². The van der Waals surface area contributed by atoms with Crippen LogP contribution in [0.5, 0.6) is 5.75 Å². The number of nitrogens with one attached hydrogen (secondary N) is 1. The lowest BCUT2D eigenvalue weighted by Gasteiger charge is -2.32.